The zero-order valence-electron chi connectivity index (χ0n) is 14.7. The Labute approximate surface area is 165 Å². The fourth-order valence-corrected chi connectivity index (χ4v) is 4.29. The van der Waals surface area contributed by atoms with Crippen LogP contribution in [0.15, 0.2) is 41.3 Å². The van der Waals surface area contributed by atoms with Gasteiger partial charge in [0.15, 0.2) is 0 Å². The summed E-state index contributed by atoms with van der Waals surface area (Å²) in [6.07, 6.45) is 2.44. The number of benzene rings is 2. The number of thioether (sulfide) groups is 1. The molecule has 0 spiro atoms. The van der Waals surface area contributed by atoms with Crippen LogP contribution in [0.3, 0.4) is 0 Å². The topological polar surface area (TPSA) is 46.2 Å². The quantitative estimate of drug-likeness (QED) is 0.594. The van der Waals surface area contributed by atoms with Crippen LogP contribution in [-0.2, 0) is 4.79 Å². The Hall–Kier alpha value is -1.92. The van der Waals surface area contributed by atoms with E-state index in [-0.39, 0.29) is 21.8 Å². The van der Waals surface area contributed by atoms with Crippen LogP contribution >= 0.6 is 23.4 Å². The van der Waals surface area contributed by atoms with Crippen LogP contribution in [-0.4, -0.2) is 17.4 Å². The molecule has 0 saturated heterocycles. The summed E-state index contributed by atoms with van der Waals surface area (Å²) in [4.78, 5) is 24.1. The molecule has 27 heavy (non-hydrogen) atoms. The molecular formula is C20H18ClF2NO2S. The molecule has 0 unspecified atom stereocenters. The van der Waals surface area contributed by atoms with Crippen LogP contribution in [0, 0.1) is 17.0 Å². The SMILES string of the molecule is CC(=O)CC1(CSc2cc(C(=O)Nc3ccc(F)c(Cl)c3)ccc2F)CC1. The predicted octanol–water partition coefficient (Wildman–Crippen LogP) is 5.72. The van der Waals surface area contributed by atoms with Crippen molar-refractivity contribution in [3.63, 3.8) is 0 Å². The van der Waals surface area contributed by atoms with Crippen molar-refractivity contribution in [2.45, 2.75) is 31.1 Å². The fourth-order valence-electron chi connectivity index (χ4n) is 2.84. The maximum absolute atomic E-state index is 14.1. The lowest BCUT2D eigenvalue weighted by Crippen LogP contribution is -2.12. The van der Waals surface area contributed by atoms with E-state index in [9.17, 15) is 18.4 Å². The molecule has 1 aliphatic rings. The summed E-state index contributed by atoms with van der Waals surface area (Å²) in [5.74, 6) is -0.638. The molecule has 1 amide bonds. The monoisotopic (exact) mass is 409 g/mol. The van der Waals surface area contributed by atoms with E-state index in [1.807, 2.05) is 0 Å². The second-order valence-electron chi connectivity index (χ2n) is 6.90. The first-order valence-electron chi connectivity index (χ1n) is 8.46. The molecule has 0 aromatic heterocycles. The van der Waals surface area contributed by atoms with Gasteiger partial charge in [0.25, 0.3) is 5.91 Å². The highest BCUT2D eigenvalue weighted by atomic mass is 35.5. The second-order valence-corrected chi connectivity index (χ2v) is 8.32. The van der Waals surface area contributed by atoms with Crippen LogP contribution in [0.2, 0.25) is 5.02 Å². The molecule has 7 heteroatoms. The highest BCUT2D eigenvalue weighted by Gasteiger charge is 2.43. The summed E-state index contributed by atoms with van der Waals surface area (Å²) in [7, 11) is 0. The van der Waals surface area contributed by atoms with E-state index in [0.717, 1.165) is 18.9 Å². The third-order valence-electron chi connectivity index (χ3n) is 4.49. The van der Waals surface area contributed by atoms with Crippen LogP contribution in [0.25, 0.3) is 0 Å². The van der Waals surface area contributed by atoms with Crippen LogP contribution in [0.1, 0.15) is 36.5 Å². The first-order chi connectivity index (χ1) is 12.8. The Morgan fingerprint density at radius 2 is 1.85 bits per heavy atom. The second kappa shape index (κ2) is 7.98. The molecule has 0 radical (unpaired) electrons. The molecule has 1 saturated carbocycles. The van der Waals surface area contributed by atoms with E-state index in [2.05, 4.69) is 5.32 Å². The zero-order chi connectivity index (χ0) is 19.6. The maximum Gasteiger partial charge on any atom is 0.255 e. The van der Waals surface area contributed by atoms with Gasteiger partial charge < -0.3 is 10.1 Å². The van der Waals surface area contributed by atoms with Gasteiger partial charge in [0.2, 0.25) is 0 Å². The first kappa shape index (κ1) is 19.8. The number of ketones is 1. The van der Waals surface area contributed by atoms with Crippen LogP contribution < -0.4 is 5.32 Å². The van der Waals surface area contributed by atoms with E-state index in [1.165, 1.54) is 42.1 Å². The molecule has 2 aromatic carbocycles. The lowest BCUT2D eigenvalue weighted by Gasteiger charge is -2.13. The number of carbonyl (C=O) groups is 2. The molecule has 2 aromatic rings. The third kappa shape index (κ3) is 5.08. The molecule has 1 fully saturated rings. The Morgan fingerprint density at radius 1 is 1.15 bits per heavy atom. The van der Waals surface area contributed by atoms with Gasteiger partial charge in [-0.1, -0.05) is 11.6 Å². The van der Waals surface area contributed by atoms with Crippen molar-refractivity contribution in [3.8, 4) is 0 Å². The minimum Gasteiger partial charge on any atom is -0.322 e. The van der Waals surface area contributed by atoms with E-state index < -0.39 is 17.5 Å². The maximum atomic E-state index is 14.1. The predicted molar refractivity (Wildman–Crippen MR) is 103 cm³/mol. The lowest BCUT2D eigenvalue weighted by molar-refractivity contribution is -0.117. The smallest absolute Gasteiger partial charge is 0.255 e. The van der Waals surface area contributed by atoms with Gasteiger partial charge in [-0.05, 0) is 61.6 Å². The minimum absolute atomic E-state index is 0.0357. The van der Waals surface area contributed by atoms with Crippen molar-refractivity contribution in [2.75, 3.05) is 11.1 Å². The third-order valence-corrected chi connectivity index (χ3v) is 6.16. The largest absolute Gasteiger partial charge is 0.322 e. The molecule has 3 rings (SSSR count). The van der Waals surface area contributed by atoms with Gasteiger partial charge in [-0.25, -0.2) is 8.78 Å². The van der Waals surface area contributed by atoms with Gasteiger partial charge >= 0.3 is 0 Å². The van der Waals surface area contributed by atoms with E-state index in [1.54, 1.807) is 6.92 Å². The summed E-state index contributed by atoms with van der Waals surface area (Å²) in [5, 5.41) is 2.52. The summed E-state index contributed by atoms with van der Waals surface area (Å²) >= 11 is 7.03. The van der Waals surface area contributed by atoms with Crippen molar-refractivity contribution < 1.29 is 18.4 Å². The van der Waals surface area contributed by atoms with Gasteiger partial charge in [-0.2, -0.15) is 0 Å². The van der Waals surface area contributed by atoms with E-state index >= 15 is 0 Å². The Kier molecular flexibility index (Phi) is 5.86. The zero-order valence-corrected chi connectivity index (χ0v) is 16.2. The number of hydrogen-bond acceptors (Lipinski definition) is 3. The highest BCUT2D eigenvalue weighted by molar-refractivity contribution is 7.99. The first-order valence-corrected chi connectivity index (χ1v) is 9.83. The molecular weight excluding hydrogens is 392 g/mol. The van der Waals surface area contributed by atoms with Gasteiger partial charge in [0.05, 0.1) is 5.02 Å². The number of rotatable bonds is 7. The van der Waals surface area contributed by atoms with Gasteiger partial charge in [0.1, 0.15) is 17.4 Å². The number of anilines is 1. The molecule has 0 aliphatic heterocycles. The number of hydrogen-bond donors (Lipinski definition) is 1. The van der Waals surface area contributed by atoms with Crippen molar-refractivity contribution in [2.24, 2.45) is 5.41 Å². The molecule has 0 atom stereocenters. The number of amides is 1. The van der Waals surface area contributed by atoms with E-state index in [0.29, 0.717) is 22.8 Å². The number of nitrogens with one attached hydrogen (secondary N) is 1. The fraction of sp³-hybridized carbons (Fsp3) is 0.300. The number of carbonyl (C=O) groups excluding carboxylic acids is 2. The lowest BCUT2D eigenvalue weighted by atomic mass is 10.0. The Balaban J connectivity index is 1.69. The molecule has 142 valence electrons. The van der Waals surface area contributed by atoms with Crippen LogP contribution in [0.4, 0.5) is 14.5 Å². The highest BCUT2D eigenvalue weighted by Crippen LogP contribution is 2.52. The van der Waals surface area contributed by atoms with Gasteiger partial charge in [-0.3, -0.25) is 4.79 Å². The van der Waals surface area contributed by atoms with E-state index in [4.69, 9.17) is 11.6 Å². The average Bonchev–Trinajstić information content (AvgIpc) is 3.36. The standard InChI is InChI=1S/C20H18ClF2NO2S/c1-12(25)10-20(6-7-20)11-27-18-8-13(2-4-17(18)23)19(26)24-14-3-5-16(22)15(21)9-14/h2-5,8-9H,6-7,10-11H2,1H3,(H,24,26). The molecule has 0 bridgehead atoms. The Bertz CT molecular complexity index is 900. The van der Waals surface area contributed by atoms with Crippen molar-refractivity contribution in [3.05, 3.63) is 58.6 Å². The minimum atomic E-state index is -0.574. The normalized spacial score (nSPS) is 14.7. The summed E-state index contributed by atoms with van der Waals surface area (Å²) in [6, 6.07) is 8.00. The average molecular weight is 410 g/mol. The van der Waals surface area contributed by atoms with Gasteiger partial charge in [0, 0.05) is 28.3 Å². The van der Waals surface area contributed by atoms with Crippen molar-refractivity contribution >= 4 is 40.7 Å². The molecule has 1 N–H and O–H groups in total. The van der Waals surface area contributed by atoms with Crippen LogP contribution in [0.5, 0.6) is 0 Å². The number of halogens is 3. The summed E-state index contributed by atoms with van der Waals surface area (Å²) in [5.41, 5.74) is 0.602. The number of Topliss-reactive ketones (excluding diaryl/α,β-unsaturated/α-hetero) is 1. The van der Waals surface area contributed by atoms with Gasteiger partial charge in [-0.15, -0.1) is 11.8 Å². The molecule has 3 nitrogen and oxygen atoms in total. The van der Waals surface area contributed by atoms with Crippen molar-refractivity contribution in [1.82, 2.24) is 0 Å². The molecule has 1 aliphatic carbocycles. The van der Waals surface area contributed by atoms with Crippen molar-refractivity contribution in [1.29, 1.82) is 0 Å². The molecule has 0 heterocycles. The Morgan fingerprint density at radius 3 is 2.48 bits per heavy atom. The summed E-state index contributed by atoms with van der Waals surface area (Å²) < 4.78 is 27.3. The summed E-state index contributed by atoms with van der Waals surface area (Å²) in [6.45, 7) is 1.57.